The van der Waals surface area contributed by atoms with Crippen molar-refractivity contribution in [1.82, 2.24) is 15.3 Å². The van der Waals surface area contributed by atoms with Gasteiger partial charge in [0, 0.05) is 23.2 Å². The van der Waals surface area contributed by atoms with Crippen molar-refractivity contribution in [2.24, 2.45) is 0 Å². The van der Waals surface area contributed by atoms with Crippen LogP contribution in [0.4, 0.5) is 5.69 Å². The minimum atomic E-state index is 0.461. The third-order valence-electron chi connectivity index (χ3n) is 5.22. The number of nitrogens with one attached hydrogen (secondary N) is 2. The molecule has 2 aromatic rings. The Morgan fingerprint density at radius 2 is 2.12 bits per heavy atom. The van der Waals surface area contributed by atoms with Crippen LogP contribution in [0.3, 0.4) is 0 Å². The maximum absolute atomic E-state index is 4.88. The molecule has 1 saturated heterocycles. The Hall–Kier alpha value is -1.11. The number of hydrogen-bond acceptors (Lipinski definition) is 5. The molecule has 4 heterocycles. The van der Waals surface area contributed by atoms with Crippen LogP contribution in [-0.2, 0) is 0 Å². The topological polar surface area (TPSA) is 44.0 Å². The summed E-state index contributed by atoms with van der Waals surface area (Å²) in [6.07, 6.45) is 5.82. The van der Waals surface area contributed by atoms with Crippen molar-refractivity contribution in [2.75, 3.05) is 30.3 Å². The Morgan fingerprint density at radius 3 is 2.96 bits per heavy atom. The first-order chi connectivity index (χ1) is 11.9. The van der Waals surface area contributed by atoms with Gasteiger partial charge in [0.1, 0.15) is 5.82 Å². The van der Waals surface area contributed by atoms with Gasteiger partial charge in [0.2, 0.25) is 0 Å². The van der Waals surface area contributed by atoms with Crippen LogP contribution in [0.25, 0.3) is 11.0 Å². The SMILES string of the molecule is C1=CSC(c2nc3cc4c(cc3[nH]2)N(C2CCNCC2)CCS4)C1. The van der Waals surface area contributed by atoms with Crippen molar-refractivity contribution in [1.29, 1.82) is 0 Å². The highest BCUT2D eigenvalue weighted by Crippen LogP contribution is 2.41. The van der Waals surface area contributed by atoms with Crippen LogP contribution in [0.5, 0.6) is 0 Å². The number of hydrogen-bond donors (Lipinski definition) is 2. The minimum Gasteiger partial charge on any atom is -0.367 e. The van der Waals surface area contributed by atoms with Crippen LogP contribution in [0, 0.1) is 0 Å². The van der Waals surface area contributed by atoms with Crippen LogP contribution in [0.1, 0.15) is 30.3 Å². The maximum Gasteiger partial charge on any atom is 0.121 e. The lowest BCUT2D eigenvalue weighted by Crippen LogP contribution is -2.45. The number of H-pyrrole nitrogens is 1. The van der Waals surface area contributed by atoms with E-state index in [1.807, 2.05) is 23.5 Å². The smallest absolute Gasteiger partial charge is 0.121 e. The lowest BCUT2D eigenvalue weighted by molar-refractivity contribution is 0.432. The molecule has 4 nitrogen and oxygen atoms in total. The largest absolute Gasteiger partial charge is 0.367 e. The monoisotopic (exact) mass is 358 g/mol. The van der Waals surface area contributed by atoms with Crippen molar-refractivity contribution in [3.8, 4) is 0 Å². The quantitative estimate of drug-likeness (QED) is 0.852. The van der Waals surface area contributed by atoms with E-state index in [1.54, 1.807) is 0 Å². The van der Waals surface area contributed by atoms with E-state index in [1.165, 1.54) is 34.7 Å². The highest BCUT2D eigenvalue weighted by molar-refractivity contribution is 8.02. The van der Waals surface area contributed by atoms with Crippen molar-refractivity contribution in [3.05, 3.63) is 29.4 Å². The van der Waals surface area contributed by atoms with E-state index in [4.69, 9.17) is 4.98 Å². The number of aromatic nitrogens is 2. The molecule has 0 saturated carbocycles. The van der Waals surface area contributed by atoms with Crippen LogP contribution in [0.15, 0.2) is 28.5 Å². The third kappa shape index (κ3) is 2.65. The van der Waals surface area contributed by atoms with E-state index < -0.39 is 0 Å². The first-order valence-corrected chi connectivity index (χ1v) is 10.8. The Morgan fingerprint density at radius 1 is 1.21 bits per heavy atom. The van der Waals surface area contributed by atoms with E-state index in [2.05, 4.69) is 38.8 Å². The average molecular weight is 359 g/mol. The number of benzene rings is 1. The van der Waals surface area contributed by atoms with Crippen molar-refractivity contribution >= 4 is 40.2 Å². The molecule has 0 amide bonds. The zero-order valence-electron chi connectivity index (χ0n) is 13.6. The molecule has 1 unspecified atom stereocenters. The van der Waals surface area contributed by atoms with E-state index in [0.717, 1.165) is 37.4 Å². The third-order valence-corrected chi connectivity index (χ3v) is 7.34. The molecule has 0 bridgehead atoms. The molecule has 1 atom stereocenters. The molecule has 3 aliphatic heterocycles. The Bertz CT molecular complexity index is 771. The van der Waals surface area contributed by atoms with Crippen molar-refractivity contribution in [3.63, 3.8) is 0 Å². The van der Waals surface area contributed by atoms with Crippen LogP contribution < -0.4 is 10.2 Å². The normalized spacial score (nSPS) is 24.7. The summed E-state index contributed by atoms with van der Waals surface area (Å²) in [6, 6.07) is 5.33. The molecule has 0 radical (unpaired) electrons. The molecule has 0 aliphatic carbocycles. The van der Waals surface area contributed by atoms with Gasteiger partial charge in [-0.15, -0.1) is 23.5 Å². The number of aromatic amines is 1. The van der Waals surface area contributed by atoms with Crippen LogP contribution in [0.2, 0.25) is 0 Å². The molecule has 5 rings (SSSR count). The van der Waals surface area contributed by atoms with Gasteiger partial charge in [-0.2, -0.15) is 0 Å². The van der Waals surface area contributed by atoms with Crippen molar-refractivity contribution in [2.45, 2.75) is 35.4 Å². The van der Waals surface area contributed by atoms with E-state index in [9.17, 15) is 0 Å². The van der Waals surface area contributed by atoms with E-state index >= 15 is 0 Å². The number of allylic oxidation sites excluding steroid dienone is 1. The Kier molecular flexibility index (Phi) is 3.99. The molecular weight excluding hydrogens is 336 g/mol. The minimum absolute atomic E-state index is 0.461. The number of fused-ring (bicyclic) bond motifs is 2. The molecule has 1 fully saturated rings. The fraction of sp³-hybridized carbons (Fsp3) is 0.500. The molecule has 24 heavy (non-hydrogen) atoms. The fourth-order valence-corrected chi connectivity index (χ4v) is 5.87. The molecule has 6 heteroatoms. The van der Waals surface area contributed by atoms with E-state index in [0.29, 0.717) is 11.3 Å². The second-order valence-corrected chi connectivity index (χ2v) is 8.96. The number of piperidine rings is 1. The highest BCUT2D eigenvalue weighted by Gasteiger charge is 2.27. The number of anilines is 1. The summed E-state index contributed by atoms with van der Waals surface area (Å²) in [5.41, 5.74) is 3.73. The lowest BCUT2D eigenvalue weighted by atomic mass is 10.0. The molecule has 1 aromatic heterocycles. The van der Waals surface area contributed by atoms with Gasteiger partial charge in [-0.1, -0.05) is 6.08 Å². The molecular formula is C18H22N4S2. The van der Waals surface area contributed by atoms with Gasteiger partial charge in [-0.05, 0) is 49.9 Å². The number of thioether (sulfide) groups is 2. The summed E-state index contributed by atoms with van der Waals surface area (Å²) >= 11 is 3.85. The molecule has 3 aliphatic rings. The zero-order chi connectivity index (χ0) is 15.9. The van der Waals surface area contributed by atoms with Gasteiger partial charge in [-0.25, -0.2) is 4.98 Å². The average Bonchev–Trinajstić information content (AvgIpc) is 3.29. The summed E-state index contributed by atoms with van der Waals surface area (Å²) in [5, 5.41) is 6.14. The number of imidazole rings is 1. The summed E-state index contributed by atoms with van der Waals surface area (Å²) < 4.78 is 0. The zero-order valence-corrected chi connectivity index (χ0v) is 15.3. The predicted octanol–water partition coefficient (Wildman–Crippen LogP) is 3.92. The summed E-state index contributed by atoms with van der Waals surface area (Å²) in [6.45, 7) is 3.45. The van der Waals surface area contributed by atoms with Gasteiger partial charge in [0.15, 0.2) is 0 Å². The number of nitrogens with zero attached hydrogens (tertiary/aromatic N) is 2. The standard InChI is InChI=1S/C18H22N4S2/c1-2-16(23-8-1)18-20-13-10-15-17(11-14(13)21-18)24-9-7-22(15)12-3-5-19-6-4-12/h1,8,10-12,16,19H,2-7,9H2,(H,20,21). The molecule has 1 aromatic carbocycles. The number of rotatable bonds is 2. The predicted molar refractivity (Wildman–Crippen MR) is 104 cm³/mol. The summed E-state index contributed by atoms with van der Waals surface area (Å²) in [5.74, 6) is 2.31. The first-order valence-electron chi connectivity index (χ1n) is 8.83. The van der Waals surface area contributed by atoms with Gasteiger partial charge in [0.05, 0.1) is 22.0 Å². The lowest BCUT2D eigenvalue weighted by Gasteiger charge is -2.39. The Labute approximate surface area is 150 Å². The second kappa shape index (κ2) is 6.32. The second-order valence-electron chi connectivity index (χ2n) is 6.71. The summed E-state index contributed by atoms with van der Waals surface area (Å²) in [7, 11) is 0. The van der Waals surface area contributed by atoms with Crippen molar-refractivity contribution < 1.29 is 0 Å². The van der Waals surface area contributed by atoms with E-state index in [-0.39, 0.29) is 0 Å². The van der Waals surface area contributed by atoms with Gasteiger partial charge in [-0.3, -0.25) is 0 Å². The van der Waals surface area contributed by atoms with Gasteiger partial charge in [0.25, 0.3) is 0 Å². The maximum atomic E-state index is 4.88. The van der Waals surface area contributed by atoms with Gasteiger partial charge < -0.3 is 15.2 Å². The molecule has 0 spiro atoms. The highest BCUT2D eigenvalue weighted by atomic mass is 32.2. The van der Waals surface area contributed by atoms with Crippen LogP contribution in [-0.4, -0.2) is 41.4 Å². The van der Waals surface area contributed by atoms with Crippen LogP contribution >= 0.6 is 23.5 Å². The molecule has 2 N–H and O–H groups in total. The van der Waals surface area contributed by atoms with Gasteiger partial charge >= 0.3 is 0 Å². The summed E-state index contributed by atoms with van der Waals surface area (Å²) in [4.78, 5) is 12.5. The first kappa shape index (κ1) is 15.2. The molecule has 126 valence electrons. The Balaban J connectivity index is 1.52. The fourth-order valence-electron chi connectivity index (χ4n) is 3.97.